The Bertz CT molecular complexity index is 516. The second kappa shape index (κ2) is 7.18. The Morgan fingerprint density at radius 1 is 1.10 bits per heavy atom. The smallest absolute Gasteiger partial charge is 0.343 e. The standard InChI is InChI=1S/C14H16O6/c1-3-19-10-5-6-12(20-4-2)9(7-10)8-11(13(15)16)14(17)18/h5-8H,3-4H2,1-2H3,(H,15,16)(H,17,18). The van der Waals surface area contributed by atoms with Crippen molar-refractivity contribution in [3.8, 4) is 11.5 Å². The topological polar surface area (TPSA) is 93.1 Å². The molecule has 0 atom stereocenters. The van der Waals surface area contributed by atoms with Gasteiger partial charge in [-0.05, 0) is 38.1 Å². The largest absolute Gasteiger partial charge is 0.494 e. The highest BCUT2D eigenvalue weighted by molar-refractivity contribution is 6.16. The van der Waals surface area contributed by atoms with Crippen molar-refractivity contribution in [2.45, 2.75) is 13.8 Å². The van der Waals surface area contributed by atoms with Crippen LogP contribution < -0.4 is 9.47 Å². The molecule has 0 radical (unpaired) electrons. The number of rotatable bonds is 7. The summed E-state index contributed by atoms with van der Waals surface area (Å²) in [7, 11) is 0. The lowest BCUT2D eigenvalue weighted by Gasteiger charge is -2.10. The van der Waals surface area contributed by atoms with Gasteiger partial charge in [0.2, 0.25) is 0 Å². The van der Waals surface area contributed by atoms with E-state index in [2.05, 4.69) is 0 Å². The van der Waals surface area contributed by atoms with Crippen LogP contribution in [0.15, 0.2) is 23.8 Å². The molecule has 0 heterocycles. The third-order valence-electron chi connectivity index (χ3n) is 2.35. The molecule has 0 spiro atoms. The third-order valence-corrected chi connectivity index (χ3v) is 2.35. The Morgan fingerprint density at radius 2 is 1.70 bits per heavy atom. The lowest BCUT2D eigenvalue weighted by Crippen LogP contribution is -2.11. The number of benzene rings is 1. The van der Waals surface area contributed by atoms with Crippen LogP contribution in [0.25, 0.3) is 6.08 Å². The minimum Gasteiger partial charge on any atom is -0.494 e. The van der Waals surface area contributed by atoms with Crippen LogP contribution in [0, 0.1) is 0 Å². The molecule has 0 aliphatic carbocycles. The predicted molar refractivity (Wildman–Crippen MR) is 72.0 cm³/mol. The van der Waals surface area contributed by atoms with E-state index >= 15 is 0 Å². The zero-order valence-electron chi connectivity index (χ0n) is 11.3. The summed E-state index contributed by atoms with van der Waals surface area (Å²) in [6, 6.07) is 4.83. The summed E-state index contributed by atoms with van der Waals surface area (Å²) < 4.78 is 10.6. The van der Waals surface area contributed by atoms with Crippen molar-refractivity contribution in [2.75, 3.05) is 13.2 Å². The summed E-state index contributed by atoms with van der Waals surface area (Å²) in [4.78, 5) is 21.8. The molecular weight excluding hydrogens is 264 g/mol. The first kappa shape index (κ1) is 15.6. The zero-order valence-corrected chi connectivity index (χ0v) is 11.3. The van der Waals surface area contributed by atoms with Crippen LogP contribution in [-0.4, -0.2) is 35.4 Å². The summed E-state index contributed by atoms with van der Waals surface area (Å²) in [5.74, 6) is -2.11. The average molecular weight is 280 g/mol. The zero-order chi connectivity index (χ0) is 15.1. The average Bonchev–Trinajstić information content (AvgIpc) is 2.38. The van der Waals surface area contributed by atoms with Gasteiger partial charge in [-0.2, -0.15) is 0 Å². The van der Waals surface area contributed by atoms with Gasteiger partial charge in [-0.15, -0.1) is 0 Å². The van der Waals surface area contributed by atoms with Gasteiger partial charge >= 0.3 is 11.9 Å². The Balaban J connectivity index is 3.30. The molecule has 20 heavy (non-hydrogen) atoms. The fourth-order valence-corrected chi connectivity index (χ4v) is 1.55. The van der Waals surface area contributed by atoms with Gasteiger partial charge in [0.1, 0.15) is 17.1 Å². The molecule has 0 aliphatic rings. The first-order chi connectivity index (χ1) is 9.49. The van der Waals surface area contributed by atoms with E-state index < -0.39 is 17.5 Å². The van der Waals surface area contributed by atoms with Gasteiger partial charge < -0.3 is 19.7 Å². The number of ether oxygens (including phenoxy) is 2. The van der Waals surface area contributed by atoms with Gasteiger partial charge in [-0.1, -0.05) is 0 Å². The molecule has 0 amide bonds. The van der Waals surface area contributed by atoms with Crippen LogP contribution in [0.3, 0.4) is 0 Å². The monoisotopic (exact) mass is 280 g/mol. The molecule has 1 aromatic carbocycles. The number of hydrogen-bond donors (Lipinski definition) is 2. The lowest BCUT2D eigenvalue weighted by atomic mass is 10.1. The van der Waals surface area contributed by atoms with Crippen molar-refractivity contribution in [1.29, 1.82) is 0 Å². The maximum absolute atomic E-state index is 10.9. The van der Waals surface area contributed by atoms with E-state index in [1.807, 2.05) is 6.92 Å². The molecule has 0 aliphatic heterocycles. The predicted octanol–water partition coefficient (Wildman–Crippen LogP) is 2.04. The molecule has 0 fully saturated rings. The van der Waals surface area contributed by atoms with Crippen molar-refractivity contribution < 1.29 is 29.3 Å². The van der Waals surface area contributed by atoms with Crippen LogP contribution >= 0.6 is 0 Å². The molecule has 6 nitrogen and oxygen atoms in total. The molecule has 0 saturated heterocycles. The van der Waals surface area contributed by atoms with E-state index in [4.69, 9.17) is 19.7 Å². The third kappa shape index (κ3) is 4.01. The summed E-state index contributed by atoms with van der Waals surface area (Å²) in [5, 5.41) is 17.8. The Morgan fingerprint density at radius 3 is 2.20 bits per heavy atom. The quantitative estimate of drug-likeness (QED) is 0.451. The Labute approximate surface area is 116 Å². The van der Waals surface area contributed by atoms with Gasteiger partial charge in [0.25, 0.3) is 0 Å². The van der Waals surface area contributed by atoms with Gasteiger partial charge in [-0.3, -0.25) is 0 Å². The van der Waals surface area contributed by atoms with Crippen LogP contribution in [0.5, 0.6) is 11.5 Å². The van der Waals surface area contributed by atoms with Crippen molar-refractivity contribution >= 4 is 18.0 Å². The minimum absolute atomic E-state index is 0.345. The maximum atomic E-state index is 10.9. The summed E-state index contributed by atoms with van der Waals surface area (Å²) in [6.45, 7) is 4.41. The molecule has 1 aromatic rings. The summed E-state index contributed by atoms with van der Waals surface area (Å²) >= 11 is 0. The van der Waals surface area contributed by atoms with Gasteiger partial charge in [0.05, 0.1) is 13.2 Å². The fraction of sp³-hybridized carbons (Fsp3) is 0.286. The lowest BCUT2D eigenvalue weighted by molar-refractivity contribution is -0.140. The maximum Gasteiger partial charge on any atom is 0.343 e. The minimum atomic E-state index is -1.51. The molecule has 108 valence electrons. The molecular formula is C14H16O6. The molecule has 0 unspecified atom stereocenters. The summed E-state index contributed by atoms with van der Waals surface area (Å²) in [6.07, 6.45) is 1.05. The molecule has 2 N–H and O–H groups in total. The first-order valence-corrected chi connectivity index (χ1v) is 6.07. The number of carboxylic acids is 2. The normalized spacial score (nSPS) is 9.70. The van der Waals surface area contributed by atoms with Gasteiger partial charge in [-0.25, -0.2) is 9.59 Å². The fourth-order valence-electron chi connectivity index (χ4n) is 1.55. The van der Waals surface area contributed by atoms with E-state index in [0.717, 1.165) is 6.08 Å². The van der Waals surface area contributed by atoms with Crippen LogP contribution in [0.2, 0.25) is 0 Å². The molecule has 0 bridgehead atoms. The Kier molecular flexibility index (Phi) is 5.58. The highest BCUT2D eigenvalue weighted by Crippen LogP contribution is 2.27. The van der Waals surface area contributed by atoms with Gasteiger partial charge in [0, 0.05) is 5.56 Å². The van der Waals surface area contributed by atoms with E-state index in [1.165, 1.54) is 0 Å². The van der Waals surface area contributed by atoms with Crippen molar-refractivity contribution in [3.63, 3.8) is 0 Å². The van der Waals surface area contributed by atoms with E-state index in [0.29, 0.717) is 30.3 Å². The molecule has 0 saturated carbocycles. The van der Waals surface area contributed by atoms with E-state index in [9.17, 15) is 9.59 Å². The highest BCUT2D eigenvalue weighted by atomic mass is 16.5. The number of carboxylic acid groups (broad SMARTS) is 2. The summed E-state index contributed by atoms with van der Waals surface area (Å²) in [5.41, 5.74) is -0.391. The van der Waals surface area contributed by atoms with Crippen molar-refractivity contribution in [2.24, 2.45) is 0 Å². The second-order valence-corrected chi connectivity index (χ2v) is 3.73. The van der Waals surface area contributed by atoms with E-state index in [1.54, 1.807) is 25.1 Å². The molecule has 6 heteroatoms. The SMILES string of the molecule is CCOc1ccc(OCC)c(C=C(C(=O)O)C(=O)O)c1. The number of hydrogen-bond acceptors (Lipinski definition) is 4. The van der Waals surface area contributed by atoms with Crippen molar-refractivity contribution in [3.05, 3.63) is 29.3 Å². The molecule has 0 aromatic heterocycles. The number of carbonyl (C=O) groups is 2. The highest BCUT2D eigenvalue weighted by Gasteiger charge is 2.17. The first-order valence-electron chi connectivity index (χ1n) is 6.07. The second-order valence-electron chi connectivity index (χ2n) is 3.73. The van der Waals surface area contributed by atoms with E-state index in [-0.39, 0.29) is 0 Å². The van der Waals surface area contributed by atoms with Crippen LogP contribution in [-0.2, 0) is 9.59 Å². The van der Waals surface area contributed by atoms with Crippen LogP contribution in [0.1, 0.15) is 19.4 Å². The van der Waals surface area contributed by atoms with Gasteiger partial charge in [0.15, 0.2) is 0 Å². The number of aliphatic carboxylic acids is 2. The molecule has 1 rings (SSSR count). The van der Waals surface area contributed by atoms with Crippen LogP contribution in [0.4, 0.5) is 0 Å². The van der Waals surface area contributed by atoms with Crippen molar-refractivity contribution in [1.82, 2.24) is 0 Å². The Hall–Kier alpha value is -2.50.